The summed E-state index contributed by atoms with van der Waals surface area (Å²) in [6, 6.07) is 11.3. The highest BCUT2D eigenvalue weighted by molar-refractivity contribution is 8.18. The average Bonchev–Trinajstić information content (AvgIpc) is 3.19. The SMILES string of the molecule is CC(C)c1ccccc1NC(=O)CN1C(=O)S/C(=C\c2cccs2)C1=O. The highest BCUT2D eigenvalue weighted by atomic mass is 32.2. The Bertz CT molecular complexity index is 873. The lowest BCUT2D eigenvalue weighted by atomic mass is 10.0. The number of amides is 3. The number of carbonyl (C=O) groups is 3. The Morgan fingerprint density at radius 3 is 2.65 bits per heavy atom. The number of benzene rings is 1. The van der Waals surface area contributed by atoms with Gasteiger partial charge >= 0.3 is 0 Å². The van der Waals surface area contributed by atoms with Crippen molar-refractivity contribution in [2.45, 2.75) is 19.8 Å². The van der Waals surface area contributed by atoms with Gasteiger partial charge in [0, 0.05) is 10.6 Å². The summed E-state index contributed by atoms with van der Waals surface area (Å²) in [6.45, 7) is 3.78. The Morgan fingerprint density at radius 1 is 1.19 bits per heavy atom. The van der Waals surface area contributed by atoms with E-state index in [1.807, 2.05) is 55.6 Å². The van der Waals surface area contributed by atoms with Gasteiger partial charge in [-0.15, -0.1) is 11.3 Å². The molecule has 1 fully saturated rings. The minimum Gasteiger partial charge on any atom is -0.324 e. The lowest BCUT2D eigenvalue weighted by Gasteiger charge is -2.16. The highest BCUT2D eigenvalue weighted by Gasteiger charge is 2.36. The molecule has 3 amide bonds. The van der Waals surface area contributed by atoms with Gasteiger partial charge in [0.25, 0.3) is 11.1 Å². The van der Waals surface area contributed by atoms with E-state index in [2.05, 4.69) is 5.32 Å². The first kappa shape index (κ1) is 18.4. The maximum atomic E-state index is 12.4. The van der Waals surface area contributed by atoms with Gasteiger partial charge < -0.3 is 5.32 Å². The second kappa shape index (κ2) is 7.88. The van der Waals surface area contributed by atoms with Crippen LogP contribution in [0.25, 0.3) is 6.08 Å². The van der Waals surface area contributed by atoms with Gasteiger partial charge in [0.05, 0.1) is 4.91 Å². The first-order valence-corrected chi connectivity index (χ1v) is 9.83. The molecule has 1 saturated heterocycles. The van der Waals surface area contributed by atoms with Crippen molar-refractivity contribution in [3.8, 4) is 0 Å². The molecule has 5 nitrogen and oxygen atoms in total. The summed E-state index contributed by atoms with van der Waals surface area (Å²) in [5, 5.41) is 4.28. The topological polar surface area (TPSA) is 66.5 Å². The van der Waals surface area contributed by atoms with Crippen molar-refractivity contribution < 1.29 is 14.4 Å². The number of thiophene rings is 1. The third-order valence-electron chi connectivity index (χ3n) is 3.85. The lowest BCUT2D eigenvalue weighted by molar-refractivity contribution is -0.127. The number of anilines is 1. The van der Waals surface area contributed by atoms with Crippen LogP contribution in [0.5, 0.6) is 0 Å². The molecule has 1 N–H and O–H groups in total. The van der Waals surface area contributed by atoms with Crippen molar-refractivity contribution in [3.63, 3.8) is 0 Å². The number of hydrogen-bond acceptors (Lipinski definition) is 5. The maximum Gasteiger partial charge on any atom is 0.294 e. The second-order valence-electron chi connectivity index (χ2n) is 6.07. The molecule has 3 rings (SSSR count). The Labute approximate surface area is 160 Å². The molecule has 0 bridgehead atoms. The maximum absolute atomic E-state index is 12.4. The van der Waals surface area contributed by atoms with E-state index in [1.165, 1.54) is 11.3 Å². The zero-order chi connectivity index (χ0) is 18.7. The molecule has 26 heavy (non-hydrogen) atoms. The smallest absolute Gasteiger partial charge is 0.294 e. The van der Waals surface area contributed by atoms with E-state index in [0.717, 1.165) is 27.1 Å². The molecule has 0 unspecified atom stereocenters. The number of rotatable bonds is 5. The Morgan fingerprint density at radius 2 is 1.96 bits per heavy atom. The number of nitrogens with one attached hydrogen (secondary N) is 1. The van der Waals surface area contributed by atoms with Crippen LogP contribution in [0.3, 0.4) is 0 Å². The molecule has 1 aromatic carbocycles. The molecule has 2 aromatic rings. The summed E-state index contributed by atoms with van der Waals surface area (Å²) in [7, 11) is 0. The fourth-order valence-electron chi connectivity index (χ4n) is 2.59. The number of thioether (sulfide) groups is 1. The van der Waals surface area contributed by atoms with Gasteiger partial charge in [0.1, 0.15) is 6.54 Å². The van der Waals surface area contributed by atoms with Crippen LogP contribution in [0, 0.1) is 0 Å². The van der Waals surface area contributed by atoms with E-state index >= 15 is 0 Å². The Balaban J connectivity index is 1.70. The van der Waals surface area contributed by atoms with E-state index in [4.69, 9.17) is 0 Å². The fraction of sp³-hybridized carbons (Fsp3) is 0.211. The third-order valence-corrected chi connectivity index (χ3v) is 5.58. The van der Waals surface area contributed by atoms with Crippen LogP contribution in [0.2, 0.25) is 0 Å². The largest absolute Gasteiger partial charge is 0.324 e. The van der Waals surface area contributed by atoms with Gasteiger partial charge in [0.2, 0.25) is 5.91 Å². The molecule has 0 saturated carbocycles. The van der Waals surface area contributed by atoms with Gasteiger partial charge in [-0.3, -0.25) is 19.3 Å². The monoisotopic (exact) mass is 386 g/mol. The van der Waals surface area contributed by atoms with Crippen LogP contribution in [0.4, 0.5) is 10.5 Å². The van der Waals surface area contributed by atoms with Crippen molar-refractivity contribution in [2.24, 2.45) is 0 Å². The normalized spacial score (nSPS) is 16.0. The molecular weight excluding hydrogens is 368 g/mol. The Kier molecular flexibility index (Phi) is 5.58. The summed E-state index contributed by atoms with van der Waals surface area (Å²) in [5.41, 5.74) is 1.71. The summed E-state index contributed by atoms with van der Waals surface area (Å²) in [6.07, 6.45) is 1.68. The van der Waals surface area contributed by atoms with Crippen molar-refractivity contribution in [1.82, 2.24) is 4.90 Å². The molecule has 0 radical (unpaired) electrons. The van der Waals surface area contributed by atoms with E-state index in [1.54, 1.807) is 6.08 Å². The predicted octanol–water partition coefficient (Wildman–Crippen LogP) is 4.55. The summed E-state index contributed by atoms with van der Waals surface area (Å²) in [5.74, 6) is -0.573. The molecule has 1 aliphatic rings. The van der Waals surface area contributed by atoms with E-state index in [-0.39, 0.29) is 12.5 Å². The van der Waals surface area contributed by atoms with Crippen LogP contribution in [0.15, 0.2) is 46.7 Å². The molecule has 0 spiro atoms. The number of imide groups is 1. The first-order valence-electron chi connectivity index (χ1n) is 8.13. The van der Waals surface area contributed by atoms with Gasteiger partial charge in [-0.1, -0.05) is 38.1 Å². The van der Waals surface area contributed by atoms with Crippen molar-refractivity contribution in [3.05, 3.63) is 57.1 Å². The quantitative estimate of drug-likeness (QED) is 0.766. The standard InChI is InChI=1S/C19H18N2O3S2/c1-12(2)14-7-3-4-8-15(14)20-17(22)11-21-18(23)16(26-19(21)24)10-13-6-5-9-25-13/h3-10,12H,11H2,1-2H3,(H,20,22)/b16-10-. The minimum atomic E-state index is -0.430. The van der Waals surface area contributed by atoms with Crippen LogP contribution in [-0.2, 0) is 9.59 Å². The van der Waals surface area contributed by atoms with Crippen molar-refractivity contribution in [2.75, 3.05) is 11.9 Å². The van der Waals surface area contributed by atoms with Gasteiger partial charge in [-0.05, 0) is 46.8 Å². The first-order chi connectivity index (χ1) is 12.5. The lowest BCUT2D eigenvalue weighted by Crippen LogP contribution is -2.36. The van der Waals surface area contributed by atoms with Crippen LogP contribution in [0.1, 0.15) is 30.2 Å². The zero-order valence-electron chi connectivity index (χ0n) is 14.4. The molecule has 1 aromatic heterocycles. The van der Waals surface area contributed by atoms with Crippen LogP contribution in [-0.4, -0.2) is 28.5 Å². The Hall–Kier alpha value is -2.38. The fourth-order valence-corrected chi connectivity index (χ4v) is 4.15. The average molecular weight is 386 g/mol. The van der Waals surface area contributed by atoms with E-state index in [9.17, 15) is 14.4 Å². The second-order valence-corrected chi connectivity index (χ2v) is 8.05. The van der Waals surface area contributed by atoms with Gasteiger partial charge in [-0.2, -0.15) is 0 Å². The molecule has 0 aliphatic carbocycles. The number of nitrogens with zero attached hydrogens (tertiary/aromatic N) is 1. The number of para-hydroxylation sites is 1. The molecule has 2 heterocycles. The molecule has 0 atom stereocenters. The van der Waals surface area contributed by atoms with Gasteiger partial charge in [-0.25, -0.2) is 0 Å². The summed E-state index contributed by atoms with van der Waals surface area (Å²) < 4.78 is 0. The summed E-state index contributed by atoms with van der Waals surface area (Å²) in [4.78, 5) is 39.2. The molecule has 1 aliphatic heterocycles. The predicted molar refractivity (Wildman–Crippen MR) is 106 cm³/mol. The van der Waals surface area contributed by atoms with E-state index < -0.39 is 17.1 Å². The molecule has 134 valence electrons. The summed E-state index contributed by atoms with van der Waals surface area (Å²) >= 11 is 2.34. The number of hydrogen-bond donors (Lipinski definition) is 1. The van der Waals surface area contributed by atoms with Crippen molar-refractivity contribution >= 4 is 51.9 Å². The number of carbonyl (C=O) groups excluding carboxylic acids is 3. The van der Waals surface area contributed by atoms with Crippen molar-refractivity contribution in [1.29, 1.82) is 0 Å². The minimum absolute atomic E-state index is 0.248. The molecule has 7 heteroatoms. The van der Waals surface area contributed by atoms with E-state index in [0.29, 0.717) is 10.6 Å². The van der Waals surface area contributed by atoms with Crippen LogP contribution < -0.4 is 5.32 Å². The third kappa shape index (κ3) is 4.05. The zero-order valence-corrected chi connectivity index (χ0v) is 16.0. The highest BCUT2D eigenvalue weighted by Crippen LogP contribution is 2.33. The van der Waals surface area contributed by atoms with Gasteiger partial charge in [0.15, 0.2) is 0 Å². The van der Waals surface area contributed by atoms with Crippen LogP contribution >= 0.6 is 23.1 Å². The molecular formula is C19H18N2O3S2.